The van der Waals surface area contributed by atoms with Crippen LogP contribution in [0.4, 0.5) is 0 Å². The maximum Gasteiger partial charge on any atom is 0.344 e. The van der Waals surface area contributed by atoms with E-state index in [1.165, 1.54) is 6.08 Å². The van der Waals surface area contributed by atoms with E-state index in [0.717, 1.165) is 11.1 Å². The van der Waals surface area contributed by atoms with E-state index in [9.17, 15) is 9.59 Å². The molecule has 0 aliphatic rings. The molecule has 1 heterocycles. The van der Waals surface area contributed by atoms with Crippen LogP contribution in [0, 0.1) is 0 Å². The van der Waals surface area contributed by atoms with Crippen molar-refractivity contribution in [2.75, 3.05) is 13.2 Å². The predicted molar refractivity (Wildman–Crippen MR) is 108 cm³/mol. The fourth-order valence-corrected chi connectivity index (χ4v) is 2.34. The molecule has 28 heavy (non-hydrogen) atoms. The number of amides is 1. The summed E-state index contributed by atoms with van der Waals surface area (Å²) in [6.45, 7) is 5.78. The smallest absolute Gasteiger partial charge is 0.344 e. The summed E-state index contributed by atoms with van der Waals surface area (Å²) >= 11 is 0. The minimum absolute atomic E-state index is 0.142. The fraction of sp³-hybridized carbons (Fsp3) is 0.318. The van der Waals surface area contributed by atoms with Gasteiger partial charge in [0, 0.05) is 25.0 Å². The van der Waals surface area contributed by atoms with Crippen molar-refractivity contribution < 1.29 is 19.1 Å². The molecule has 6 heteroatoms. The molecular weight excluding hydrogens is 356 g/mol. The molecule has 6 nitrogen and oxygen atoms in total. The standard InChI is InChI=1S/C22H26N2O4/c1-22(2,3)28-21(26)16-27-19-8-4-6-17(14-19)11-13-24-20(25)10-9-18-7-5-12-23-15-18/h4-10,12,14-15H,11,13,16H2,1-3H3,(H,24,25)/b10-9+. The molecule has 0 saturated carbocycles. The third-order valence-electron chi connectivity index (χ3n) is 3.50. The van der Waals surface area contributed by atoms with Crippen LogP contribution in [-0.4, -0.2) is 35.6 Å². The molecule has 0 fully saturated rings. The van der Waals surface area contributed by atoms with Crippen LogP contribution in [0.3, 0.4) is 0 Å². The van der Waals surface area contributed by atoms with Gasteiger partial charge >= 0.3 is 5.97 Å². The van der Waals surface area contributed by atoms with Crippen LogP contribution in [0.15, 0.2) is 54.9 Å². The van der Waals surface area contributed by atoms with Gasteiger partial charge in [0.2, 0.25) is 5.91 Å². The number of nitrogens with zero attached hydrogens (tertiary/aromatic N) is 1. The first-order valence-electron chi connectivity index (χ1n) is 9.11. The molecular formula is C22H26N2O4. The van der Waals surface area contributed by atoms with E-state index in [2.05, 4.69) is 10.3 Å². The molecule has 0 aliphatic heterocycles. The molecule has 0 spiro atoms. The van der Waals surface area contributed by atoms with E-state index in [-0.39, 0.29) is 12.5 Å². The number of hydrogen-bond donors (Lipinski definition) is 1. The second kappa shape index (κ2) is 10.3. The SMILES string of the molecule is CC(C)(C)OC(=O)COc1cccc(CCNC(=O)/C=C/c2cccnc2)c1. The van der Waals surface area contributed by atoms with Crippen molar-refractivity contribution in [3.63, 3.8) is 0 Å². The lowest BCUT2D eigenvalue weighted by molar-refractivity contribution is -0.157. The first-order valence-corrected chi connectivity index (χ1v) is 9.11. The Kier molecular flexibility index (Phi) is 7.75. The average Bonchev–Trinajstić information content (AvgIpc) is 2.65. The van der Waals surface area contributed by atoms with Crippen molar-refractivity contribution in [2.24, 2.45) is 0 Å². The van der Waals surface area contributed by atoms with E-state index < -0.39 is 11.6 Å². The van der Waals surface area contributed by atoms with Crippen molar-refractivity contribution in [1.29, 1.82) is 0 Å². The van der Waals surface area contributed by atoms with E-state index in [0.29, 0.717) is 18.7 Å². The van der Waals surface area contributed by atoms with Gasteiger partial charge in [-0.05, 0) is 62.6 Å². The zero-order valence-corrected chi connectivity index (χ0v) is 16.5. The molecule has 1 N–H and O–H groups in total. The minimum atomic E-state index is -0.536. The summed E-state index contributed by atoms with van der Waals surface area (Å²) in [6, 6.07) is 11.1. The van der Waals surface area contributed by atoms with Gasteiger partial charge in [-0.3, -0.25) is 9.78 Å². The summed E-state index contributed by atoms with van der Waals surface area (Å²) in [5.74, 6) is 0.0120. The molecule has 0 saturated heterocycles. The van der Waals surface area contributed by atoms with Gasteiger partial charge in [-0.15, -0.1) is 0 Å². The Morgan fingerprint density at radius 2 is 2.00 bits per heavy atom. The largest absolute Gasteiger partial charge is 0.482 e. The second-order valence-corrected chi connectivity index (χ2v) is 7.18. The molecule has 1 amide bonds. The van der Waals surface area contributed by atoms with E-state index >= 15 is 0 Å². The lowest BCUT2D eigenvalue weighted by Gasteiger charge is -2.19. The molecule has 0 radical (unpaired) electrons. The molecule has 0 aliphatic carbocycles. The zero-order valence-electron chi connectivity index (χ0n) is 16.5. The van der Waals surface area contributed by atoms with Gasteiger partial charge in [0.05, 0.1) is 0 Å². The Balaban J connectivity index is 1.75. The molecule has 0 unspecified atom stereocenters. The van der Waals surface area contributed by atoms with Gasteiger partial charge in [-0.2, -0.15) is 0 Å². The fourth-order valence-electron chi connectivity index (χ4n) is 2.34. The van der Waals surface area contributed by atoms with Crippen LogP contribution in [0.1, 0.15) is 31.9 Å². The summed E-state index contributed by atoms with van der Waals surface area (Å²) in [4.78, 5) is 27.6. The van der Waals surface area contributed by atoms with Gasteiger partial charge in [-0.1, -0.05) is 18.2 Å². The van der Waals surface area contributed by atoms with Crippen LogP contribution in [-0.2, 0) is 20.7 Å². The third-order valence-corrected chi connectivity index (χ3v) is 3.50. The normalized spacial score (nSPS) is 11.2. The second-order valence-electron chi connectivity index (χ2n) is 7.18. The van der Waals surface area contributed by atoms with Gasteiger partial charge in [-0.25, -0.2) is 4.79 Å². The van der Waals surface area contributed by atoms with Crippen LogP contribution in [0.5, 0.6) is 5.75 Å². The van der Waals surface area contributed by atoms with Crippen molar-refractivity contribution in [3.05, 3.63) is 66.0 Å². The van der Waals surface area contributed by atoms with E-state index in [1.54, 1.807) is 24.5 Å². The highest BCUT2D eigenvalue weighted by Crippen LogP contribution is 2.14. The molecule has 1 aromatic heterocycles. The first-order chi connectivity index (χ1) is 13.3. The van der Waals surface area contributed by atoms with E-state index in [4.69, 9.17) is 9.47 Å². The molecule has 2 aromatic rings. The average molecular weight is 382 g/mol. The highest BCUT2D eigenvalue weighted by Gasteiger charge is 2.16. The van der Waals surface area contributed by atoms with Crippen LogP contribution in [0.2, 0.25) is 0 Å². The molecule has 1 aromatic carbocycles. The van der Waals surface area contributed by atoms with Gasteiger partial charge < -0.3 is 14.8 Å². The van der Waals surface area contributed by atoms with Crippen molar-refractivity contribution >= 4 is 18.0 Å². The number of pyridine rings is 1. The number of hydrogen-bond acceptors (Lipinski definition) is 5. The lowest BCUT2D eigenvalue weighted by Crippen LogP contribution is -2.27. The van der Waals surface area contributed by atoms with Gasteiger partial charge in [0.1, 0.15) is 11.4 Å². The van der Waals surface area contributed by atoms with Gasteiger partial charge in [0.25, 0.3) is 0 Å². The van der Waals surface area contributed by atoms with Crippen LogP contribution in [0.25, 0.3) is 6.08 Å². The number of ether oxygens (including phenoxy) is 2. The number of aromatic nitrogens is 1. The highest BCUT2D eigenvalue weighted by atomic mass is 16.6. The van der Waals surface area contributed by atoms with Crippen molar-refractivity contribution in [3.8, 4) is 5.75 Å². The van der Waals surface area contributed by atoms with E-state index in [1.807, 2.05) is 51.1 Å². The topological polar surface area (TPSA) is 77.5 Å². The summed E-state index contributed by atoms with van der Waals surface area (Å²) in [7, 11) is 0. The Morgan fingerprint density at radius 3 is 2.71 bits per heavy atom. The van der Waals surface area contributed by atoms with Crippen LogP contribution >= 0.6 is 0 Å². The van der Waals surface area contributed by atoms with Crippen molar-refractivity contribution in [1.82, 2.24) is 10.3 Å². The molecule has 2 rings (SSSR count). The summed E-state index contributed by atoms with van der Waals surface area (Å²) in [5.41, 5.74) is 1.33. The maximum absolute atomic E-state index is 11.9. The molecule has 0 atom stereocenters. The molecule has 148 valence electrons. The Morgan fingerprint density at radius 1 is 1.18 bits per heavy atom. The Labute approximate surface area is 165 Å². The predicted octanol–water partition coefficient (Wildman–Crippen LogP) is 3.17. The van der Waals surface area contributed by atoms with Crippen molar-refractivity contribution in [2.45, 2.75) is 32.8 Å². The summed E-state index contributed by atoms with van der Waals surface area (Å²) in [6.07, 6.45) is 7.22. The Hall–Kier alpha value is -3.15. The number of rotatable bonds is 8. The number of benzene rings is 1. The number of carbonyl (C=O) groups excluding carboxylic acids is 2. The quantitative estimate of drug-likeness (QED) is 0.560. The number of nitrogens with one attached hydrogen (secondary N) is 1. The first kappa shape index (κ1) is 21.2. The van der Waals surface area contributed by atoms with Crippen LogP contribution < -0.4 is 10.1 Å². The lowest BCUT2D eigenvalue weighted by atomic mass is 10.1. The summed E-state index contributed by atoms with van der Waals surface area (Å²) in [5, 5.41) is 2.84. The third kappa shape index (κ3) is 8.49. The summed E-state index contributed by atoms with van der Waals surface area (Å²) < 4.78 is 10.7. The Bertz CT molecular complexity index is 811. The van der Waals surface area contributed by atoms with Gasteiger partial charge in [0.15, 0.2) is 6.61 Å². The highest BCUT2D eigenvalue weighted by molar-refractivity contribution is 5.91. The number of carbonyl (C=O) groups is 2. The maximum atomic E-state index is 11.9. The zero-order chi connectivity index (χ0) is 20.4. The minimum Gasteiger partial charge on any atom is -0.482 e. The number of esters is 1. The monoisotopic (exact) mass is 382 g/mol. The molecule has 0 bridgehead atoms.